The normalized spacial score (nSPS) is 15.7. The molecule has 1 saturated heterocycles. The highest BCUT2D eigenvalue weighted by molar-refractivity contribution is 7.99. The van der Waals surface area contributed by atoms with E-state index in [-0.39, 0.29) is 11.3 Å². The van der Waals surface area contributed by atoms with Crippen LogP contribution < -0.4 is 9.47 Å². The summed E-state index contributed by atoms with van der Waals surface area (Å²) in [6.07, 6.45) is 9.25. The van der Waals surface area contributed by atoms with E-state index in [4.69, 9.17) is 9.47 Å². The van der Waals surface area contributed by atoms with Crippen LogP contribution in [0.15, 0.2) is 48.5 Å². The van der Waals surface area contributed by atoms with Crippen molar-refractivity contribution < 1.29 is 14.3 Å². The zero-order chi connectivity index (χ0) is 22.6. The van der Waals surface area contributed by atoms with Gasteiger partial charge in [-0.05, 0) is 29.7 Å². The predicted octanol–water partition coefficient (Wildman–Crippen LogP) is 6.99. The zero-order valence-electron chi connectivity index (χ0n) is 19.6. The van der Waals surface area contributed by atoms with Gasteiger partial charge in [-0.1, -0.05) is 81.8 Å². The van der Waals surface area contributed by atoms with Gasteiger partial charge < -0.3 is 14.4 Å². The fourth-order valence-electron chi connectivity index (χ4n) is 4.07. The fourth-order valence-corrected chi connectivity index (χ4v) is 5.34. The molecule has 1 heterocycles. The van der Waals surface area contributed by atoms with E-state index in [0.717, 1.165) is 42.0 Å². The lowest BCUT2D eigenvalue weighted by atomic mass is 10.1. The molecule has 32 heavy (non-hydrogen) atoms. The summed E-state index contributed by atoms with van der Waals surface area (Å²) in [5.74, 6) is 2.69. The van der Waals surface area contributed by atoms with Crippen molar-refractivity contribution >= 4 is 17.7 Å². The Hall–Kier alpha value is -2.14. The molecule has 0 spiro atoms. The minimum absolute atomic E-state index is 0.0528. The van der Waals surface area contributed by atoms with Crippen molar-refractivity contribution in [2.24, 2.45) is 0 Å². The summed E-state index contributed by atoms with van der Waals surface area (Å²) in [5, 5.41) is 0.0528. The van der Waals surface area contributed by atoms with E-state index < -0.39 is 0 Å². The minimum atomic E-state index is 0.0528. The van der Waals surface area contributed by atoms with E-state index in [0.29, 0.717) is 18.8 Å². The van der Waals surface area contributed by atoms with Crippen molar-refractivity contribution in [2.75, 3.05) is 19.4 Å². The second-order valence-corrected chi connectivity index (χ2v) is 9.55. The standard InChI is InChI=1S/C27H37NO3S/c1-3-4-5-6-7-8-12-15-26(29)28-18-19-32-27(28)23-16-17-24(30-2)25(20-23)31-21-22-13-10-9-11-14-22/h9-11,13-14,16-17,20,27H,3-8,12,15,18-19,21H2,1-2H3. The average molecular weight is 456 g/mol. The lowest BCUT2D eigenvalue weighted by Gasteiger charge is -2.25. The van der Waals surface area contributed by atoms with Crippen LogP contribution in [0.25, 0.3) is 0 Å². The van der Waals surface area contributed by atoms with Crippen LogP contribution in [0.2, 0.25) is 0 Å². The second kappa shape index (κ2) is 13.4. The molecule has 0 N–H and O–H groups in total. The third-order valence-corrected chi connectivity index (χ3v) is 7.18. The second-order valence-electron chi connectivity index (χ2n) is 8.37. The highest BCUT2D eigenvalue weighted by Gasteiger charge is 2.30. The van der Waals surface area contributed by atoms with E-state index >= 15 is 0 Å². The number of unbranched alkanes of at least 4 members (excludes halogenated alkanes) is 6. The molecule has 0 saturated carbocycles. The van der Waals surface area contributed by atoms with Gasteiger partial charge in [-0.15, -0.1) is 11.8 Å². The lowest BCUT2D eigenvalue weighted by molar-refractivity contribution is -0.131. The summed E-state index contributed by atoms with van der Waals surface area (Å²) >= 11 is 1.83. The van der Waals surface area contributed by atoms with Gasteiger partial charge in [0, 0.05) is 18.7 Å². The molecule has 2 aromatic carbocycles. The SMILES string of the molecule is CCCCCCCCCC(=O)N1CCSC1c1ccc(OC)c(OCc2ccccc2)c1. The van der Waals surface area contributed by atoms with Gasteiger partial charge in [0.1, 0.15) is 12.0 Å². The van der Waals surface area contributed by atoms with E-state index in [1.54, 1.807) is 7.11 Å². The summed E-state index contributed by atoms with van der Waals surface area (Å²) in [6.45, 7) is 3.54. The number of rotatable bonds is 13. The van der Waals surface area contributed by atoms with Crippen LogP contribution in [0.1, 0.15) is 74.8 Å². The van der Waals surface area contributed by atoms with Gasteiger partial charge in [-0.3, -0.25) is 4.79 Å². The highest BCUT2D eigenvalue weighted by atomic mass is 32.2. The van der Waals surface area contributed by atoms with Gasteiger partial charge in [-0.25, -0.2) is 0 Å². The van der Waals surface area contributed by atoms with Crippen molar-refractivity contribution in [1.82, 2.24) is 4.90 Å². The molecule has 2 aromatic rings. The molecule has 1 aliphatic rings. The van der Waals surface area contributed by atoms with Gasteiger partial charge >= 0.3 is 0 Å². The first-order chi connectivity index (χ1) is 15.7. The predicted molar refractivity (Wildman–Crippen MR) is 133 cm³/mol. The van der Waals surface area contributed by atoms with Gasteiger partial charge in [0.25, 0.3) is 0 Å². The average Bonchev–Trinajstić information content (AvgIpc) is 3.32. The van der Waals surface area contributed by atoms with Gasteiger partial charge in [0.15, 0.2) is 11.5 Å². The molecule has 0 aromatic heterocycles. The molecule has 1 atom stereocenters. The number of carbonyl (C=O) groups excluding carboxylic acids is 1. The molecule has 1 amide bonds. The van der Waals surface area contributed by atoms with Crippen molar-refractivity contribution in [3.63, 3.8) is 0 Å². The van der Waals surface area contributed by atoms with Gasteiger partial charge in [0.05, 0.1) is 7.11 Å². The summed E-state index contributed by atoms with van der Waals surface area (Å²) < 4.78 is 11.6. The lowest BCUT2D eigenvalue weighted by Crippen LogP contribution is -2.30. The maximum atomic E-state index is 12.9. The third kappa shape index (κ3) is 7.19. The number of hydrogen-bond donors (Lipinski definition) is 0. The quantitative estimate of drug-likeness (QED) is 0.305. The van der Waals surface area contributed by atoms with Crippen molar-refractivity contribution in [3.8, 4) is 11.5 Å². The van der Waals surface area contributed by atoms with Gasteiger partial charge in [0.2, 0.25) is 5.91 Å². The van der Waals surface area contributed by atoms with Crippen LogP contribution in [-0.4, -0.2) is 30.2 Å². The van der Waals surface area contributed by atoms with Crippen molar-refractivity contribution in [3.05, 3.63) is 59.7 Å². The number of benzene rings is 2. The molecule has 5 heteroatoms. The Bertz CT molecular complexity index is 827. The summed E-state index contributed by atoms with van der Waals surface area (Å²) in [6, 6.07) is 16.2. The number of hydrogen-bond acceptors (Lipinski definition) is 4. The molecular formula is C27H37NO3S. The topological polar surface area (TPSA) is 38.8 Å². The van der Waals surface area contributed by atoms with Crippen LogP contribution in [-0.2, 0) is 11.4 Å². The molecule has 3 rings (SSSR count). The summed E-state index contributed by atoms with van der Waals surface area (Å²) in [5.41, 5.74) is 2.21. The first kappa shape index (κ1) is 24.5. The van der Waals surface area contributed by atoms with Crippen LogP contribution in [0.4, 0.5) is 0 Å². The fraction of sp³-hybridized carbons (Fsp3) is 0.519. The Morgan fingerprint density at radius 2 is 1.75 bits per heavy atom. The number of thioether (sulfide) groups is 1. The monoisotopic (exact) mass is 455 g/mol. The smallest absolute Gasteiger partial charge is 0.223 e. The number of methoxy groups -OCH3 is 1. The molecule has 1 aliphatic heterocycles. The number of ether oxygens (including phenoxy) is 2. The van der Waals surface area contributed by atoms with Crippen LogP contribution in [0, 0.1) is 0 Å². The molecule has 0 aliphatic carbocycles. The Morgan fingerprint density at radius 3 is 2.50 bits per heavy atom. The molecule has 1 fully saturated rings. The maximum absolute atomic E-state index is 12.9. The zero-order valence-corrected chi connectivity index (χ0v) is 20.4. The first-order valence-corrected chi connectivity index (χ1v) is 13.0. The molecule has 0 bridgehead atoms. The van der Waals surface area contributed by atoms with E-state index in [1.165, 1.54) is 32.1 Å². The minimum Gasteiger partial charge on any atom is -0.493 e. The number of carbonyl (C=O) groups is 1. The van der Waals surface area contributed by atoms with Gasteiger partial charge in [-0.2, -0.15) is 0 Å². The Morgan fingerprint density at radius 1 is 1.00 bits per heavy atom. The third-order valence-electron chi connectivity index (χ3n) is 5.92. The molecule has 174 valence electrons. The number of nitrogens with zero attached hydrogens (tertiary/aromatic N) is 1. The van der Waals surface area contributed by atoms with Crippen LogP contribution in [0.5, 0.6) is 11.5 Å². The Kier molecular flexibility index (Phi) is 10.3. The van der Waals surface area contributed by atoms with E-state index in [1.807, 2.05) is 59.1 Å². The van der Waals surface area contributed by atoms with E-state index in [9.17, 15) is 4.79 Å². The molecule has 0 radical (unpaired) electrons. The molecular weight excluding hydrogens is 418 g/mol. The summed E-state index contributed by atoms with van der Waals surface area (Å²) in [4.78, 5) is 15.0. The van der Waals surface area contributed by atoms with Crippen LogP contribution >= 0.6 is 11.8 Å². The number of amides is 1. The maximum Gasteiger partial charge on any atom is 0.223 e. The summed E-state index contributed by atoms with van der Waals surface area (Å²) in [7, 11) is 1.66. The highest BCUT2D eigenvalue weighted by Crippen LogP contribution is 2.41. The van der Waals surface area contributed by atoms with E-state index in [2.05, 4.69) is 13.0 Å². The molecule has 1 unspecified atom stereocenters. The van der Waals surface area contributed by atoms with Crippen LogP contribution in [0.3, 0.4) is 0 Å². The first-order valence-electron chi connectivity index (χ1n) is 12.0. The largest absolute Gasteiger partial charge is 0.493 e. The van der Waals surface area contributed by atoms with Crippen molar-refractivity contribution in [1.29, 1.82) is 0 Å². The molecule has 4 nitrogen and oxygen atoms in total. The Balaban J connectivity index is 1.57. The van der Waals surface area contributed by atoms with Crippen molar-refractivity contribution in [2.45, 2.75) is 70.3 Å². The Labute approximate surface area is 197 Å².